The number of carbonyl (C=O) groups is 2. The van der Waals surface area contributed by atoms with Gasteiger partial charge in [-0.3, -0.25) is 9.69 Å². The molecule has 2 N–H and O–H groups in total. The number of hydrogen-bond donors (Lipinski definition) is 2. The van der Waals surface area contributed by atoms with Crippen LogP contribution >= 0.6 is 0 Å². The highest BCUT2D eigenvalue weighted by Gasteiger charge is 2.37. The molecule has 0 unspecified atom stereocenters. The SMILES string of the molecule is CN1[C@H]2CC[C@H]1CN(C(=O)N[C@@H]1CCC[C@H](C(=O)NC3CC3)C1)CC2. The number of hydrogen-bond acceptors (Lipinski definition) is 3. The summed E-state index contributed by atoms with van der Waals surface area (Å²) in [6.07, 6.45) is 9.61. The number of urea groups is 1. The molecule has 2 aliphatic carbocycles. The van der Waals surface area contributed by atoms with E-state index in [9.17, 15) is 9.59 Å². The Morgan fingerprint density at radius 1 is 0.880 bits per heavy atom. The van der Waals surface area contributed by atoms with E-state index in [0.29, 0.717) is 18.1 Å². The zero-order valence-corrected chi connectivity index (χ0v) is 15.4. The predicted molar refractivity (Wildman–Crippen MR) is 96.2 cm³/mol. The van der Waals surface area contributed by atoms with Gasteiger partial charge in [0, 0.05) is 43.2 Å². The highest BCUT2D eigenvalue weighted by Crippen LogP contribution is 2.29. The third-order valence-corrected chi connectivity index (χ3v) is 6.73. The van der Waals surface area contributed by atoms with Crippen molar-refractivity contribution in [3.63, 3.8) is 0 Å². The lowest BCUT2D eigenvalue weighted by Crippen LogP contribution is -2.50. The van der Waals surface area contributed by atoms with Gasteiger partial charge in [-0.25, -0.2) is 4.79 Å². The van der Waals surface area contributed by atoms with E-state index in [1.807, 2.05) is 4.90 Å². The molecule has 140 valence electrons. The van der Waals surface area contributed by atoms with E-state index < -0.39 is 0 Å². The highest BCUT2D eigenvalue weighted by molar-refractivity contribution is 5.79. The third-order valence-electron chi connectivity index (χ3n) is 6.73. The Morgan fingerprint density at radius 3 is 2.48 bits per heavy atom. The number of carbonyl (C=O) groups excluding carboxylic acids is 2. The quantitative estimate of drug-likeness (QED) is 0.816. The lowest BCUT2D eigenvalue weighted by atomic mass is 9.85. The van der Waals surface area contributed by atoms with E-state index >= 15 is 0 Å². The Balaban J connectivity index is 1.28. The van der Waals surface area contributed by atoms with Gasteiger partial charge in [0.1, 0.15) is 0 Å². The molecule has 2 bridgehead atoms. The van der Waals surface area contributed by atoms with Crippen molar-refractivity contribution < 1.29 is 9.59 Å². The molecule has 0 aromatic rings. The normalized spacial score (nSPS) is 36.0. The second-order valence-electron chi connectivity index (χ2n) is 8.58. The summed E-state index contributed by atoms with van der Waals surface area (Å²) in [5.41, 5.74) is 0. The maximum atomic E-state index is 12.8. The lowest BCUT2D eigenvalue weighted by molar-refractivity contribution is -0.126. The van der Waals surface area contributed by atoms with Gasteiger partial charge in [0.05, 0.1) is 0 Å². The molecule has 2 heterocycles. The zero-order chi connectivity index (χ0) is 17.4. The van der Waals surface area contributed by atoms with Crippen molar-refractivity contribution in [2.75, 3.05) is 20.1 Å². The van der Waals surface area contributed by atoms with Gasteiger partial charge in [-0.15, -0.1) is 0 Å². The Bertz CT molecular complexity index is 522. The Kier molecular flexibility index (Phi) is 4.89. The van der Waals surface area contributed by atoms with Crippen molar-refractivity contribution in [3.8, 4) is 0 Å². The number of fused-ring (bicyclic) bond motifs is 2. The van der Waals surface area contributed by atoms with Crippen LogP contribution in [0.1, 0.15) is 57.8 Å². The standard InChI is InChI=1S/C19H32N4O2/c1-22-16-7-8-17(22)12-23(10-9-16)19(25)21-15-4-2-3-13(11-15)18(24)20-14-5-6-14/h13-17H,2-12H2,1H3,(H,20,24)(H,21,25)/t13-,15+,16-,17-/m0/s1. The summed E-state index contributed by atoms with van der Waals surface area (Å²) in [4.78, 5) is 29.5. The van der Waals surface area contributed by atoms with E-state index in [1.165, 1.54) is 12.8 Å². The summed E-state index contributed by atoms with van der Waals surface area (Å²) in [5, 5.41) is 6.36. The van der Waals surface area contributed by atoms with Gasteiger partial charge < -0.3 is 15.5 Å². The number of rotatable bonds is 3. The van der Waals surface area contributed by atoms with E-state index in [2.05, 4.69) is 22.6 Å². The molecule has 4 rings (SSSR count). The van der Waals surface area contributed by atoms with E-state index in [-0.39, 0.29) is 23.9 Å². The average molecular weight is 348 g/mol. The number of likely N-dealkylation sites (tertiary alicyclic amines) is 1. The van der Waals surface area contributed by atoms with Crippen LogP contribution in [0.4, 0.5) is 4.79 Å². The van der Waals surface area contributed by atoms with Gasteiger partial charge in [0.25, 0.3) is 0 Å². The molecule has 25 heavy (non-hydrogen) atoms. The Labute approximate surface area is 150 Å². The van der Waals surface area contributed by atoms with Gasteiger partial charge in [-0.2, -0.15) is 0 Å². The molecule has 4 fully saturated rings. The molecule has 6 heteroatoms. The first kappa shape index (κ1) is 17.1. The minimum Gasteiger partial charge on any atom is -0.353 e. The summed E-state index contributed by atoms with van der Waals surface area (Å²) in [6, 6.07) is 1.81. The van der Waals surface area contributed by atoms with Crippen LogP contribution in [0, 0.1) is 5.92 Å². The molecule has 0 spiro atoms. The number of amides is 3. The van der Waals surface area contributed by atoms with Crippen molar-refractivity contribution in [3.05, 3.63) is 0 Å². The molecule has 4 atom stereocenters. The van der Waals surface area contributed by atoms with Gasteiger partial charge in [0.2, 0.25) is 5.91 Å². The van der Waals surface area contributed by atoms with Crippen molar-refractivity contribution in [1.29, 1.82) is 0 Å². The predicted octanol–water partition coefficient (Wildman–Crippen LogP) is 1.70. The largest absolute Gasteiger partial charge is 0.353 e. The molecule has 2 saturated carbocycles. The summed E-state index contributed by atoms with van der Waals surface area (Å²) < 4.78 is 0. The van der Waals surface area contributed by atoms with Crippen LogP contribution < -0.4 is 10.6 Å². The van der Waals surface area contributed by atoms with E-state index in [4.69, 9.17) is 0 Å². The molecule has 0 aromatic heterocycles. The number of nitrogens with zero attached hydrogens (tertiary/aromatic N) is 2. The van der Waals surface area contributed by atoms with E-state index in [1.54, 1.807) is 0 Å². The van der Waals surface area contributed by atoms with Crippen LogP contribution in [0.2, 0.25) is 0 Å². The summed E-state index contributed by atoms with van der Waals surface area (Å²) in [7, 11) is 2.20. The number of likely N-dealkylation sites (N-methyl/N-ethyl adjacent to an activating group) is 1. The zero-order valence-electron chi connectivity index (χ0n) is 15.4. The van der Waals surface area contributed by atoms with Crippen LogP contribution in [0.5, 0.6) is 0 Å². The topological polar surface area (TPSA) is 64.7 Å². The molecule has 0 aromatic carbocycles. The molecule has 2 aliphatic heterocycles. The van der Waals surface area contributed by atoms with E-state index in [0.717, 1.165) is 58.0 Å². The van der Waals surface area contributed by atoms with Crippen molar-refractivity contribution in [2.24, 2.45) is 5.92 Å². The van der Waals surface area contributed by atoms with Crippen LogP contribution in [-0.4, -0.2) is 66.0 Å². The average Bonchev–Trinajstić information content (AvgIpc) is 3.34. The van der Waals surface area contributed by atoms with Crippen molar-refractivity contribution >= 4 is 11.9 Å². The Morgan fingerprint density at radius 2 is 1.68 bits per heavy atom. The van der Waals surface area contributed by atoms with Crippen LogP contribution in [0.3, 0.4) is 0 Å². The van der Waals surface area contributed by atoms with Crippen LogP contribution in [0.25, 0.3) is 0 Å². The third kappa shape index (κ3) is 3.94. The maximum absolute atomic E-state index is 12.8. The first-order valence-electron chi connectivity index (χ1n) is 10.2. The molecular weight excluding hydrogens is 316 g/mol. The minimum atomic E-state index is 0.0749. The van der Waals surface area contributed by atoms with Crippen molar-refractivity contribution in [2.45, 2.75) is 82.0 Å². The highest BCUT2D eigenvalue weighted by atomic mass is 16.2. The molecule has 4 aliphatic rings. The van der Waals surface area contributed by atoms with Gasteiger partial charge in [-0.1, -0.05) is 6.42 Å². The minimum absolute atomic E-state index is 0.0749. The fraction of sp³-hybridized carbons (Fsp3) is 0.895. The second kappa shape index (κ2) is 7.14. The van der Waals surface area contributed by atoms with Gasteiger partial charge >= 0.3 is 6.03 Å². The second-order valence-corrected chi connectivity index (χ2v) is 8.58. The molecule has 0 radical (unpaired) electrons. The van der Waals surface area contributed by atoms with Gasteiger partial charge in [0.15, 0.2) is 0 Å². The summed E-state index contributed by atoms with van der Waals surface area (Å²) >= 11 is 0. The first-order chi connectivity index (χ1) is 12.1. The smallest absolute Gasteiger partial charge is 0.317 e. The van der Waals surface area contributed by atoms with Crippen LogP contribution in [-0.2, 0) is 4.79 Å². The first-order valence-corrected chi connectivity index (χ1v) is 10.2. The summed E-state index contributed by atoms with van der Waals surface area (Å²) in [6.45, 7) is 1.70. The molecule has 2 saturated heterocycles. The fourth-order valence-electron chi connectivity index (χ4n) is 4.86. The molecule has 3 amide bonds. The molecular formula is C19H32N4O2. The van der Waals surface area contributed by atoms with Crippen LogP contribution in [0.15, 0.2) is 0 Å². The Hall–Kier alpha value is -1.30. The molecule has 6 nitrogen and oxygen atoms in total. The lowest BCUT2D eigenvalue weighted by Gasteiger charge is -2.32. The monoisotopic (exact) mass is 348 g/mol. The number of nitrogens with one attached hydrogen (secondary N) is 2. The van der Waals surface area contributed by atoms with Crippen molar-refractivity contribution in [1.82, 2.24) is 20.4 Å². The summed E-state index contributed by atoms with van der Waals surface area (Å²) in [5.74, 6) is 0.279. The fourth-order valence-corrected chi connectivity index (χ4v) is 4.86. The maximum Gasteiger partial charge on any atom is 0.317 e. The van der Waals surface area contributed by atoms with Gasteiger partial charge in [-0.05, 0) is 58.4 Å².